The van der Waals surface area contributed by atoms with Crippen LogP contribution in [-0.2, 0) is 18.9 Å². The number of carbonyl (C=O) groups excluding carboxylic acids is 1. The molecule has 1 N–H and O–H groups in total. The van der Waals surface area contributed by atoms with Crippen molar-refractivity contribution >= 4 is 5.97 Å². The van der Waals surface area contributed by atoms with Crippen LogP contribution in [0.1, 0.15) is 36.0 Å². The topological polar surface area (TPSA) is 109 Å². The number of fused-ring (bicyclic) bond motifs is 1. The van der Waals surface area contributed by atoms with Crippen molar-refractivity contribution in [3.05, 3.63) is 68.5 Å². The molecule has 0 aliphatic carbocycles. The molecule has 29 heavy (non-hydrogen) atoms. The third-order valence-electron chi connectivity index (χ3n) is 4.93. The molecule has 4 rings (SSSR count). The van der Waals surface area contributed by atoms with Crippen molar-refractivity contribution in [2.45, 2.75) is 51.1 Å². The number of rotatable bonds is 4. The molecule has 1 aromatic heterocycles. The molecule has 0 saturated carbocycles. The number of H-pyrrole nitrogens is 1. The number of aryl methyl sites for hydroxylation is 1. The van der Waals surface area contributed by atoms with Gasteiger partial charge in [-0.05, 0) is 32.9 Å². The number of benzene rings is 1. The molecular formula is C20H22N2O7. The van der Waals surface area contributed by atoms with Crippen molar-refractivity contribution in [1.82, 2.24) is 9.55 Å². The highest BCUT2D eigenvalue weighted by Gasteiger charge is 2.56. The summed E-state index contributed by atoms with van der Waals surface area (Å²) in [4.78, 5) is 38.5. The van der Waals surface area contributed by atoms with Crippen LogP contribution in [0.2, 0.25) is 0 Å². The van der Waals surface area contributed by atoms with Crippen LogP contribution in [0.5, 0.6) is 0 Å². The van der Waals surface area contributed by atoms with Gasteiger partial charge in [0.05, 0.1) is 5.56 Å². The van der Waals surface area contributed by atoms with Crippen molar-refractivity contribution in [1.29, 1.82) is 0 Å². The molecule has 9 heteroatoms. The summed E-state index contributed by atoms with van der Waals surface area (Å²) in [5, 5.41) is 0. The first-order chi connectivity index (χ1) is 13.7. The second kappa shape index (κ2) is 7.25. The summed E-state index contributed by atoms with van der Waals surface area (Å²) in [6.45, 7) is 5.05. The zero-order valence-corrected chi connectivity index (χ0v) is 16.3. The highest BCUT2D eigenvalue weighted by molar-refractivity contribution is 5.89. The number of hydrogen-bond donors (Lipinski definition) is 1. The molecule has 3 heterocycles. The van der Waals surface area contributed by atoms with E-state index in [1.165, 1.54) is 10.8 Å². The first-order valence-electron chi connectivity index (χ1n) is 9.30. The predicted molar refractivity (Wildman–Crippen MR) is 101 cm³/mol. The number of hydrogen-bond acceptors (Lipinski definition) is 7. The highest BCUT2D eigenvalue weighted by Crippen LogP contribution is 2.42. The predicted octanol–water partition coefficient (Wildman–Crippen LogP) is 1.12. The monoisotopic (exact) mass is 402 g/mol. The molecule has 4 atom stereocenters. The lowest BCUT2D eigenvalue weighted by molar-refractivity contribution is -0.200. The summed E-state index contributed by atoms with van der Waals surface area (Å²) in [6.07, 6.45) is -1.19. The Labute approximate surface area is 166 Å². The number of aromatic nitrogens is 2. The van der Waals surface area contributed by atoms with Crippen LogP contribution < -0.4 is 11.2 Å². The van der Waals surface area contributed by atoms with Crippen LogP contribution in [0, 0.1) is 6.92 Å². The average molecular weight is 402 g/mol. The van der Waals surface area contributed by atoms with E-state index in [2.05, 4.69) is 4.98 Å². The normalized spacial score (nSPS) is 27.6. The molecule has 2 aliphatic heterocycles. The Morgan fingerprint density at radius 1 is 1.17 bits per heavy atom. The van der Waals surface area contributed by atoms with Gasteiger partial charge >= 0.3 is 11.7 Å². The fraction of sp³-hybridized carbons (Fsp3) is 0.450. The minimum absolute atomic E-state index is 0.0675. The fourth-order valence-electron chi connectivity index (χ4n) is 3.61. The highest BCUT2D eigenvalue weighted by atomic mass is 16.8. The van der Waals surface area contributed by atoms with E-state index >= 15 is 0 Å². The van der Waals surface area contributed by atoms with Crippen molar-refractivity contribution < 1.29 is 23.7 Å². The van der Waals surface area contributed by atoms with Crippen LogP contribution in [0.4, 0.5) is 0 Å². The summed E-state index contributed by atoms with van der Waals surface area (Å²) >= 11 is 0. The Balaban J connectivity index is 1.57. The van der Waals surface area contributed by atoms with Crippen LogP contribution >= 0.6 is 0 Å². The van der Waals surface area contributed by atoms with Gasteiger partial charge in [0.15, 0.2) is 12.0 Å². The molecule has 0 spiro atoms. The van der Waals surface area contributed by atoms with Gasteiger partial charge < -0.3 is 18.9 Å². The van der Waals surface area contributed by atoms with Crippen molar-refractivity contribution in [2.24, 2.45) is 0 Å². The molecule has 2 fully saturated rings. The molecule has 2 aliphatic rings. The molecule has 0 radical (unpaired) electrons. The maximum absolute atomic E-state index is 12.3. The van der Waals surface area contributed by atoms with E-state index in [0.717, 1.165) is 0 Å². The minimum atomic E-state index is -0.889. The number of ether oxygens (including phenoxy) is 4. The maximum atomic E-state index is 12.3. The number of aromatic amines is 1. The maximum Gasteiger partial charge on any atom is 0.338 e. The van der Waals surface area contributed by atoms with Gasteiger partial charge in [0.1, 0.15) is 24.9 Å². The summed E-state index contributed by atoms with van der Waals surface area (Å²) in [7, 11) is 0. The van der Waals surface area contributed by atoms with E-state index in [0.29, 0.717) is 11.1 Å². The second-order valence-corrected chi connectivity index (χ2v) is 7.57. The molecule has 0 bridgehead atoms. The lowest BCUT2D eigenvalue weighted by Gasteiger charge is -2.25. The zero-order valence-electron chi connectivity index (χ0n) is 16.3. The fourth-order valence-corrected chi connectivity index (χ4v) is 3.61. The Morgan fingerprint density at radius 3 is 2.59 bits per heavy atom. The molecule has 2 saturated heterocycles. The van der Waals surface area contributed by atoms with Gasteiger partial charge in [-0.25, -0.2) is 9.59 Å². The SMILES string of the molecule is Cc1cn([C@H]2O[C@@H](COC(=O)c3ccccc3)[C@H]3OC(C)(C)O[C@H]32)c(=O)[nH]c1=O. The first-order valence-corrected chi connectivity index (χ1v) is 9.30. The first kappa shape index (κ1) is 19.6. The molecule has 0 unspecified atom stereocenters. The lowest BCUT2D eigenvalue weighted by Crippen LogP contribution is -2.38. The van der Waals surface area contributed by atoms with Crippen LogP contribution in [0.25, 0.3) is 0 Å². The molecule has 1 aromatic carbocycles. The summed E-state index contributed by atoms with van der Waals surface area (Å²) in [6, 6.07) is 8.61. The van der Waals surface area contributed by atoms with Gasteiger partial charge in [-0.3, -0.25) is 14.3 Å². The van der Waals surface area contributed by atoms with Gasteiger partial charge in [0, 0.05) is 11.8 Å². The van der Waals surface area contributed by atoms with Crippen molar-refractivity contribution in [3.8, 4) is 0 Å². The molecule has 0 amide bonds. The Hall–Kier alpha value is -2.75. The Bertz CT molecular complexity index is 1030. The van der Waals surface area contributed by atoms with Gasteiger partial charge in [0.25, 0.3) is 5.56 Å². The van der Waals surface area contributed by atoms with E-state index < -0.39 is 47.5 Å². The van der Waals surface area contributed by atoms with E-state index in [1.54, 1.807) is 45.0 Å². The van der Waals surface area contributed by atoms with Crippen molar-refractivity contribution in [3.63, 3.8) is 0 Å². The number of nitrogens with zero attached hydrogens (tertiary/aromatic N) is 1. The molecule has 2 aromatic rings. The number of carbonyl (C=O) groups is 1. The summed E-state index contributed by atoms with van der Waals surface area (Å²) in [5.41, 5.74) is -0.283. The molecule has 9 nitrogen and oxygen atoms in total. The van der Waals surface area contributed by atoms with Crippen LogP contribution in [-0.4, -0.2) is 46.2 Å². The number of esters is 1. The van der Waals surface area contributed by atoms with E-state index in [4.69, 9.17) is 18.9 Å². The quantitative estimate of drug-likeness (QED) is 0.764. The van der Waals surface area contributed by atoms with Gasteiger partial charge in [-0.2, -0.15) is 0 Å². The second-order valence-electron chi connectivity index (χ2n) is 7.57. The van der Waals surface area contributed by atoms with E-state index in [-0.39, 0.29) is 6.61 Å². The van der Waals surface area contributed by atoms with Gasteiger partial charge in [-0.1, -0.05) is 18.2 Å². The van der Waals surface area contributed by atoms with Crippen molar-refractivity contribution in [2.75, 3.05) is 6.61 Å². The zero-order chi connectivity index (χ0) is 20.8. The largest absolute Gasteiger partial charge is 0.459 e. The summed E-state index contributed by atoms with van der Waals surface area (Å²) < 4.78 is 24.6. The third-order valence-corrected chi connectivity index (χ3v) is 4.93. The van der Waals surface area contributed by atoms with E-state index in [9.17, 15) is 14.4 Å². The van der Waals surface area contributed by atoms with E-state index in [1.807, 2.05) is 6.07 Å². The van der Waals surface area contributed by atoms with Gasteiger partial charge in [0.2, 0.25) is 0 Å². The van der Waals surface area contributed by atoms with Crippen LogP contribution in [0.3, 0.4) is 0 Å². The molecule has 154 valence electrons. The third kappa shape index (κ3) is 3.76. The smallest absolute Gasteiger partial charge is 0.338 e. The Morgan fingerprint density at radius 2 is 1.86 bits per heavy atom. The lowest BCUT2D eigenvalue weighted by atomic mass is 10.1. The molecular weight excluding hydrogens is 380 g/mol. The van der Waals surface area contributed by atoms with Crippen LogP contribution in [0.15, 0.2) is 46.1 Å². The number of nitrogens with one attached hydrogen (secondary N) is 1. The Kier molecular flexibility index (Phi) is 4.89. The average Bonchev–Trinajstić information content (AvgIpc) is 3.16. The minimum Gasteiger partial charge on any atom is -0.459 e. The van der Waals surface area contributed by atoms with Gasteiger partial charge in [-0.15, -0.1) is 0 Å². The summed E-state index contributed by atoms with van der Waals surface area (Å²) in [5.74, 6) is -1.37. The standard InChI is InChI=1S/C20H22N2O7/c1-11-9-22(19(25)21-16(11)23)17-15-14(28-20(2,3)29-15)13(27-17)10-26-18(24)12-7-5-4-6-8-12/h4-9,13-15,17H,10H2,1-3H3,(H,21,23,25)/t13-,14+,15+,17-/m0/s1.